The normalized spacial score (nSPS) is 21.0. The number of hydrogen-bond donors (Lipinski definition) is 1. The summed E-state index contributed by atoms with van der Waals surface area (Å²) in [5.41, 5.74) is 0.384. The second-order valence-corrected chi connectivity index (χ2v) is 11.2. The van der Waals surface area contributed by atoms with Crippen LogP contribution in [0.4, 0.5) is 5.95 Å². The highest BCUT2D eigenvalue weighted by atomic mass is 35.5. The number of anilines is 1. The molecular weight excluding hydrogens is 510 g/mol. The van der Waals surface area contributed by atoms with Gasteiger partial charge in [-0.25, -0.2) is 18.4 Å². The van der Waals surface area contributed by atoms with Crippen molar-refractivity contribution in [2.75, 3.05) is 31.7 Å². The molecule has 4 heterocycles. The third-order valence-electron chi connectivity index (χ3n) is 6.44. The summed E-state index contributed by atoms with van der Waals surface area (Å²) >= 11 is 5.88. The van der Waals surface area contributed by atoms with Crippen LogP contribution in [0.3, 0.4) is 0 Å². The summed E-state index contributed by atoms with van der Waals surface area (Å²) < 4.78 is 48.5. The molecule has 192 valence electrons. The average Bonchev–Trinajstić information content (AvgIpc) is 3.60. The minimum atomic E-state index is -4.04. The van der Waals surface area contributed by atoms with Gasteiger partial charge < -0.3 is 14.2 Å². The zero-order valence-electron chi connectivity index (χ0n) is 19.7. The minimum absolute atomic E-state index is 0.0826. The third-order valence-corrected chi connectivity index (χ3v) is 8.33. The van der Waals surface area contributed by atoms with Gasteiger partial charge in [0, 0.05) is 31.9 Å². The predicted octanol–water partition coefficient (Wildman–Crippen LogP) is 2.26. The highest BCUT2D eigenvalue weighted by Gasteiger charge is 2.51. The van der Waals surface area contributed by atoms with Crippen molar-refractivity contribution >= 4 is 27.6 Å². The molecule has 1 unspecified atom stereocenters. The summed E-state index contributed by atoms with van der Waals surface area (Å²) in [5.74, 6) is 0.772. The summed E-state index contributed by atoms with van der Waals surface area (Å²) in [6.07, 6.45) is 6.35. The summed E-state index contributed by atoms with van der Waals surface area (Å²) in [7, 11) is -2.64. The van der Waals surface area contributed by atoms with E-state index in [0.29, 0.717) is 30.7 Å². The van der Waals surface area contributed by atoms with Gasteiger partial charge in [0.15, 0.2) is 11.6 Å². The molecule has 1 aliphatic heterocycles. The Morgan fingerprint density at radius 3 is 2.61 bits per heavy atom. The van der Waals surface area contributed by atoms with Crippen molar-refractivity contribution in [2.24, 2.45) is 0 Å². The fourth-order valence-corrected chi connectivity index (χ4v) is 5.62. The quantitative estimate of drug-likeness (QED) is 0.433. The summed E-state index contributed by atoms with van der Waals surface area (Å²) in [5, 5.41) is 7.84. The first kappa shape index (κ1) is 25.0. The van der Waals surface area contributed by atoms with E-state index >= 15 is 0 Å². The zero-order chi connectivity index (χ0) is 25.3. The van der Waals surface area contributed by atoms with Crippen molar-refractivity contribution < 1.29 is 22.6 Å². The summed E-state index contributed by atoms with van der Waals surface area (Å²) in [4.78, 5) is 12.5. The first-order valence-corrected chi connectivity index (χ1v) is 13.4. The van der Waals surface area contributed by atoms with Crippen molar-refractivity contribution in [3.05, 3.63) is 59.2 Å². The van der Waals surface area contributed by atoms with Gasteiger partial charge >= 0.3 is 0 Å². The molecule has 12 nitrogen and oxygen atoms in total. The predicted molar refractivity (Wildman–Crippen MR) is 129 cm³/mol. The van der Waals surface area contributed by atoms with Crippen LogP contribution >= 0.6 is 11.6 Å². The van der Waals surface area contributed by atoms with E-state index in [0.717, 1.165) is 18.4 Å². The van der Waals surface area contributed by atoms with Crippen molar-refractivity contribution in [3.63, 3.8) is 0 Å². The number of methoxy groups -OCH3 is 1. The third kappa shape index (κ3) is 4.68. The van der Waals surface area contributed by atoms with Crippen LogP contribution in [0, 0.1) is 0 Å². The highest BCUT2D eigenvalue weighted by Crippen LogP contribution is 2.52. The fourth-order valence-electron chi connectivity index (χ4n) is 4.39. The number of nitrogens with zero attached hydrogens (tertiary/aromatic N) is 6. The molecule has 0 amide bonds. The van der Waals surface area contributed by atoms with Gasteiger partial charge in [0.25, 0.3) is 0 Å². The lowest BCUT2D eigenvalue weighted by Gasteiger charge is -2.28. The first-order valence-electron chi connectivity index (χ1n) is 11.4. The van der Waals surface area contributed by atoms with Crippen LogP contribution in [0.2, 0.25) is 5.02 Å². The lowest BCUT2D eigenvalue weighted by molar-refractivity contribution is -0.0951. The molecule has 5 rings (SSSR count). The van der Waals surface area contributed by atoms with E-state index in [9.17, 15) is 8.42 Å². The van der Waals surface area contributed by atoms with E-state index < -0.39 is 33.0 Å². The number of hydrogen-bond acceptors (Lipinski definition) is 10. The second kappa shape index (κ2) is 9.98. The van der Waals surface area contributed by atoms with Crippen molar-refractivity contribution in [1.82, 2.24) is 29.7 Å². The van der Waals surface area contributed by atoms with E-state index in [-0.39, 0.29) is 11.8 Å². The molecule has 36 heavy (non-hydrogen) atoms. The number of halogens is 1. The van der Waals surface area contributed by atoms with Gasteiger partial charge in [-0.3, -0.25) is 14.3 Å². The van der Waals surface area contributed by atoms with Crippen LogP contribution in [0.25, 0.3) is 0 Å². The number of rotatable bonds is 9. The lowest BCUT2D eigenvalue weighted by atomic mass is 10.1. The Labute approximate surface area is 213 Å². The van der Waals surface area contributed by atoms with Crippen LogP contribution in [0.5, 0.6) is 0 Å². The van der Waals surface area contributed by atoms with Gasteiger partial charge in [0.05, 0.1) is 30.4 Å². The number of aromatic nitrogens is 6. The molecule has 0 spiro atoms. The van der Waals surface area contributed by atoms with Crippen LogP contribution in [0.15, 0.2) is 36.9 Å². The van der Waals surface area contributed by atoms with Crippen molar-refractivity contribution in [3.8, 4) is 0 Å². The van der Waals surface area contributed by atoms with Crippen molar-refractivity contribution in [1.29, 1.82) is 0 Å². The van der Waals surface area contributed by atoms with Crippen LogP contribution in [-0.4, -0.2) is 70.3 Å². The number of pyridine rings is 1. The van der Waals surface area contributed by atoms with E-state index in [2.05, 4.69) is 29.9 Å². The molecule has 3 aromatic rings. The number of ether oxygens (including phenoxy) is 3. The van der Waals surface area contributed by atoms with Crippen LogP contribution < -0.4 is 4.72 Å². The van der Waals surface area contributed by atoms with E-state index in [4.69, 9.17) is 25.8 Å². The van der Waals surface area contributed by atoms with Gasteiger partial charge in [-0.2, -0.15) is 0 Å². The summed E-state index contributed by atoms with van der Waals surface area (Å²) in [6.45, 7) is 2.71. The zero-order valence-corrected chi connectivity index (χ0v) is 21.3. The maximum Gasteiger partial charge on any atom is 0.240 e. The van der Waals surface area contributed by atoms with Gasteiger partial charge in [-0.05, 0) is 31.4 Å². The monoisotopic (exact) mass is 535 g/mol. The van der Waals surface area contributed by atoms with Gasteiger partial charge in [0.1, 0.15) is 17.5 Å². The molecule has 0 radical (unpaired) electrons. The Hall–Kier alpha value is -2.71. The standard InChI is InChI=1S/C22H26ClN7O5S/c1-14(18(33-2)19-25-11-16(23)12-26-19)36(31,32)29-21-28-27-20(17-13-34-8-9-35-17)30(21)22(5-6-22)15-4-3-7-24-10-15/h3-4,7,10-12,14,17-18H,5-6,8-9,13H2,1-2H3,(H,28,29)/t14-,17?,18-/m0/s1. The molecule has 1 saturated carbocycles. The van der Waals surface area contributed by atoms with Crippen LogP contribution in [-0.2, 0) is 29.8 Å². The maximum absolute atomic E-state index is 13.5. The molecule has 2 aliphatic rings. The Kier molecular flexibility index (Phi) is 6.92. The molecule has 0 bridgehead atoms. The van der Waals surface area contributed by atoms with E-state index in [1.165, 1.54) is 26.4 Å². The topological polar surface area (TPSA) is 143 Å². The largest absolute Gasteiger partial charge is 0.376 e. The van der Waals surface area contributed by atoms with Gasteiger partial charge in [-0.1, -0.05) is 17.7 Å². The Balaban J connectivity index is 1.51. The Morgan fingerprint density at radius 2 is 2.00 bits per heavy atom. The average molecular weight is 536 g/mol. The minimum Gasteiger partial charge on any atom is -0.376 e. The maximum atomic E-state index is 13.5. The highest BCUT2D eigenvalue weighted by molar-refractivity contribution is 7.93. The molecule has 14 heteroatoms. The SMILES string of the molecule is CO[C@H](c1ncc(Cl)cn1)[C@H](C)S(=O)(=O)Nc1nnc(C2COCCO2)n1C1(c2cccnc2)CC1. The molecule has 1 aliphatic carbocycles. The number of nitrogens with one attached hydrogen (secondary N) is 1. The molecule has 3 aromatic heterocycles. The fraction of sp³-hybridized carbons (Fsp3) is 0.500. The van der Waals surface area contributed by atoms with Crippen LogP contribution in [0.1, 0.15) is 49.2 Å². The Bertz CT molecular complexity index is 1300. The lowest BCUT2D eigenvalue weighted by Crippen LogP contribution is -2.35. The molecule has 2 fully saturated rings. The molecule has 1 N–H and O–H groups in total. The Morgan fingerprint density at radius 1 is 1.22 bits per heavy atom. The smallest absolute Gasteiger partial charge is 0.240 e. The first-order chi connectivity index (χ1) is 17.4. The molecule has 1 saturated heterocycles. The van der Waals surface area contributed by atoms with Gasteiger partial charge in [-0.15, -0.1) is 10.2 Å². The second-order valence-electron chi connectivity index (χ2n) is 8.69. The summed E-state index contributed by atoms with van der Waals surface area (Å²) in [6, 6.07) is 3.81. The molecular formula is C22H26ClN7O5S. The molecule has 3 atom stereocenters. The van der Waals surface area contributed by atoms with Crippen molar-refractivity contribution in [2.45, 2.75) is 42.8 Å². The van der Waals surface area contributed by atoms with E-state index in [1.54, 1.807) is 12.4 Å². The van der Waals surface area contributed by atoms with E-state index in [1.807, 2.05) is 16.7 Å². The molecule has 0 aromatic carbocycles. The number of sulfonamides is 1. The van der Waals surface area contributed by atoms with Gasteiger partial charge in [0.2, 0.25) is 16.0 Å².